The predicted octanol–water partition coefficient (Wildman–Crippen LogP) is 1.80. The second-order valence-electron chi connectivity index (χ2n) is 6.51. The smallest absolute Gasteiger partial charge is 0.158 e. The maximum Gasteiger partial charge on any atom is 0.158 e. The summed E-state index contributed by atoms with van der Waals surface area (Å²) in [7, 11) is 0. The topological polar surface area (TPSA) is 37.9 Å². The Morgan fingerprint density at radius 2 is 2.04 bits per heavy atom. The Bertz CT molecular complexity index is 844. The van der Waals surface area contributed by atoms with Gasteiger partial charge in [0.2, 0.25) is 0 Å². The zero-order valence-electron chi connectivity index (χ0n) is 14.5. The minimum atomic E-state index is 0.946. The molecule has 1 N–H and O–H groups in total. The Hall–Kier alpha value is -1.92. The van der Waals surface area contributed by atoms with Crippen LogP contribution in [0.1, 0.15) is 18.2 Å². The summed E-state index contributed by atoms with van der Waals surface area (Å²) in [5, 5.41) is 6.98. The molecule has 0 amide bonds. The van der Waals surface area contributed by atoms with Gasteiger partial charge >= 0.3 is 0 Å². The van der Waals surface area contributed by atoms with Gasteiger partial charge < -0.3 is 9.80 Å². The summed E-state index contributed by atoms with van der Waals surface area (Å²) >= 11 is 1.72. The van der Waals surface area contributed by atoms with Crippen molar-refractivity contribution in [3.8, 4) is 10.6 Å². The van der Waals surface area contributed by atoms with Crippen LogP contribution in [-0.2, 0) is 0 Å². The van der Waals surface area contributed by atoms with Gasteiger partial charge in [-0.25, -0.2) is 4.98 Å². The molecule has 3 aromatic rings. The van der Waals surface area contributed by atoms with E-state index in [0.29, 0.717) is 0 Å². The van der Waals surface area contributed by atoms with Crippen molar-refractivity contribution in [3.63, 3.8) is 0 Å². The summed E-state index contributed by atoms with van der Waals surface area (Å²) in [5.41, 5.74) is 4.30. The van der Waals surface area contributed by atoms with Gasteiger partial charge in [-0.15, -0.1) is 11.3 Å². The second-order valence-corrected chi connectivity index (χ2v) is 7.46. The number of anilines is 1. The SMILES string of the molecule is CC[NH+]1CCN(c2c(C)c(C)nc3cc(-c4cccs4)nn23)CC1. The normalized spacial score (nSPS) is 16.2. The molecule has 24 heavy (non-hydrogen) atoms. The number of rotatable bonds is 3. The lowest BCUT2D eigenvalue weighted by molar-refractivity contribution is -0.898. The monoisotopic (exact) mass is 342 g/mol. The average molecular weight is 342 g/mol. The van der Waals surface area contributed by atoms with E-state index in [1.165, 1.54) is 35.9 Å². The predicted molar refractivity (Wildman–Crippen MR) is 99.2 cm³/mol. The van der Waals surface area contributed by atoms with E-state index in [0.717, 1.165) is 30.1 Å². The van der Waals surface area contributed by atoms with Gasteiger partial charge in [-0.2, -0.15) is 9.61 Å². The number of nitrogens with zero attached hydrogens (tertiary/aromatic N) is 4. The fourth-order valence-electron chi connectivity index (χ4n) is 3.49. The number of piperazine rings is 1. The first-order valence-corrected chi connectivity index (χ1v) is 9.54. The number of nitrogens with one attached hydrogen (secondary N) is 1. The average Bonchev–Trinajstić information content (AvgIpc) is 3.25. The number of likely N-dealkylation sites (N-methyl/N-ethyl adjacent to an activating group) is 1. The summed E-state index contributed by atoms with van der Waals surface area (Å²) in [6.07, 6.45) is 0. The number of quaternary nitrogens is 1. The largest absolute Gasteiger partial charge is 0.345 e. The summed E-state index contributed by atoms with van der Waals surface area (Å²) in [5.74, 6) is 1.22. The highest BCUT2D eigenvalue weighted by Crippen LogP contribution is 2.28. The Kier molecular flexibility index (Phi) is 4.02. The summed E-state index contributed by atoms with van der Waals surface area (Å²) < 4.78 is 2.05. The van der Waals surface area contributed by atoms with E-state index in [1.807, 2.05) is 4.52 Å². The highest BCUT2D eigenvalue weighted by atomic mass is 32.1. The van der Waals surface area contributed by atoms with Crippen molar-refractivity contribution < 1.29 is 4.90 Å². The van der Waals surface area contributed by atoms with Crippen LogP contribution >= 0.6 is 11.3 Å². The highest BCUT2D eigenvalue weighted by molar-refractivity contribution is 7.13. The number of hydrogen-bond acceptors (Lipinski definition) is 4. The maximum absolute atomic E-state index is 4.89. The maximum atomic E-state index is 4.89. The van der Waals surface area contributed by atoms with Crippen LogP contribution in [0.2, 0.25) is 0 Å². The lowest BCUT2D eigenvalue weighted by Crippen LogP contribution is -3.14. The van der Waals surface area contributed by atoms with Crippen LogP contribution < -0.4 is 9.80 Å². The van der Waals surface area contributed by atoms with Crippen molar-refractivity contribution in [3.05, 3.63) is 34.8 Å². The van der Waals surface area contributed by atoms with E-state index in [-0.39, 0.29) is 0 Å². The molecule has 6 heteroatoms. The molecular weight excluding hydrogens is 318 g/mol. The van der Waals surface area contributed by atoms with Crippen molar-refractivity contribution in [2.45, 2.75) is 20.8 Å². The van der Waals surface area contributed by atoms with Crippen LogP contribution in [0.25, 0.3) is 16.2 Å². The van der Waals surface area contributed by atoms with Crippen molar-refractivity contribution in [2.75, 3.05) is 37.6 Å². The molecule has 1 aliphatic heterocycles. The Morgan fingerprint density at radius 3 is 2.71 bits per heavy atom. The minimum absolute atomic E-state index is 0.946. The summed E-state index contributed by atoms with van der Waals surface area (Å²) in [4.78, 5) is 10.1. The molecule has 0 aromatic carbocycles. The highest BCUT2D eigenvalue weighted by Gasteiger charge is 2.24. The van der Waals surface area contributed by atoms with Crippen LogP contribution in [0.5, 0.6) is 0 Å². The molecule has 1 saturated heterocycles. The van der Waals surface area contributed by atoms with E-state index < -0.39 is 0 Å². The molecule has 3 aromatic heterocycles. The molecule has 5 nitrogen and oxygen atoms in total. The number of fused-ring (bicyclic) bond motifs is 1. The van der Waals surface area contributed by atoms with Crippen LogP contribution in [-0.4, -0.2) is 47.3 Å². The third-order valence-corrected chi connectivity index (χ3v) is 5.99. The fourth-order valence-corrected chi connectivity index (χ4v) is 4.17. The van der Waals surface area contributed by atoms with E-state index in [4.69, 9.17) is 10.1 Å². The van der Waals surface area contributed by atoms with Gasteiger partial charge in [-0.1, -0.05) is 6.07 Å². The van der Waals surface area contributed by atoms with Gasteiger partial charge in [-0.3, -0.25) is 0 Å². The van der Waals surface area contributed by atoms with Crippen molar-refractivity contribution in [2.24, 2.45) is 0 Å². The fraction of sp³-hybridized carbons (Fsp3) is 0.444. The van der Waals surface area contributed by atoms with E-state index in [1.54, 1.807) is 16.2 Å². The molecule has 0 saturated carbocycles. The molecular formula is C18H24N5S+. The molecule has 1 aliphatic rings. The first-order chi connectivity index (χ1) is 11.7. The molecule has 126 valence electrons. The first-order valence-electron chi connectivity index (χ1n) is 8.66. The molecule has 0 radical (unpaired) electrons. The second kappa shape index (κ2) is 6.18. The van der Waals surface area contributed by atoms with Crippen molar-refractivity contribution in [1.82, 2.24) is 14.6 Å². The Balaban J connectivity index is 1.80. The van der Waals surface area contributed by atoms with Gasteiger partial charge in [-0.05, 0) is 32.2 Å². The molecule has 4 heterocycles. The number of thiophene rings is 1. The van der Waals surface area contributed by atoms with Gasteiger partial charge in [0, 0.05) is 17.3 Å². The standard InChI is InChI=1S/C18H23N5S/c1-4-21-7-9-22(10-8-21)18-13(2)14(3)19-17-12-15(20-23(17)18)16-6-5-11-24-16/h5-6,11-12H,4,7-10H2,1-3H3/p+1. The summed E-state index contributed by atoms with van der Waals surface area (Å²) in [6.45, 7) is 12.3. The number of aryl methyl sites for hydroxylation is 1. The third-order valence-electron chi connectivity index (χ3n) is 5.10. The molecule has 0 atom stereocenters. The number of aromatic nitrogens is 3. The van der Waals surface area contributed by atoms with Gasteiger partial charge in [0.15, 0.2) is 5.65 Å². The Morgan fingerprint density at radius 1 is 1.25 bits per heavy atom. The minimum Gasteiger partial charge on any atom is -0.345 e. The van der Waals surface area contributed by atoms with Crippen LogP contribution in [0.4, 0.5) is 5.82 Å². The molecule has 4 rings (SSSR count). The first kappa shape index (κ1) is 15.6. The van der Waals surface area contributed by atoms with E-state index >= 15 is 0 Å². The molecule has 1 fully saturated rings. The van der Waals surface area contributed by atoms with Gasteiger partial charge in [0.1, 0.15) is 11.5 Å². The third kappa shape index (κ3) is 2.59. The van der Waals surface area contributed by atoms with Gasteiger partial charge in [0.05, 0.1) is 37.6 Å². The zero-order chi connectivity index (χ0) is 16.7. The zero-order valence-corrected chi connectivity index (χ0v) is 15.4. The van der Waals surface area contributed by atoms with Crippen molar-refractivity contribution in [1.29, 1.82) is 0 Å². The molecule has 0 unspecified atom stereocenters. The quantitative estimate of drug-likeness (QED) is 0.789. The van der Waals surface area contributed by atoms with Crippen LogP contribution in [0.15, 0.2) is 23.6 Å². The van der Waals surface area contributed by atoms with E-state index in [2.05, 4.69) is 49.3 Å². The number of hydrogen-bond donors (Lipinski definition) is 1. The van der Waals surface area contributed by atoms with Crippen molar-refractivity contribution >= 4 is 22.8 Å². The lowest BCUT2D eigenvalue weighted by Gasteiger charge is -2.34. The van der Waals surface area contributed by atoms with Crippen LogP contribution in [0.3, 0.4) is 0 Å². The van der Waals surface area contributed by atoms with Gasteiger partial charge in [0.25, 0.3) is 0 Å². The lowest BCUT2D eigenvalue weighted by atomic mass is 10.2. The molecule has 0 aliphatic carbocycles. The molecule has 0 spiro atoms. The summed E-state index contributed by atoms with van der Waals surface area (Å²) in [6, 6.07) is 6.30. The van der Waals surface area contributed by atoms with E-state index in [9.17, 15) is 0 Å². The molecule has 0 bridgehead atoms. The Labute approximate surface area is 146 Å². The van der Waals surface area contributed by atoms with Crippen LogP contribution in [0, 0.1) is 13.8 Å².